The molecule has 0 saturated carbocycles. The minimum Gasteiger partial charge on any atom is -0.480 e. The van der Waals surface area contributed by atoms with Crippen LogP contribution in [0.2, 0.25) is 0 Å². The first kappa shape index (κ1) is 12.7. The second-order valence-electron chi connectivity index (χ2n) is 3.85. The normalized spacial score (nSPS) is 12.4. The Balaban J connectivity index is 2.56. The Labute approximate surface area is 112 Å². The number of carbonyl (C=O) groups is 1. The molecule has 1 atom stereocenters. The molecule has 2 aromatic rings. The fraction of sp³-hybridized carbons (Fsp3) is 0.273. The lowest BCUT2D eigenvalue weighted by Crippen LogP contribution is -2.17. The van der Waals surface area contributed by atoms with Crippen molar-refractivity contribution in [3.05, 3.63) is 28.8 Å². The van der Waals surface area contributed by atoms with E-state index in [0.29, 0.717) is 11.6 Å². The predicted octanol–water partition coefficient (Wildman–Crippen LogP) is 2.06. The number of rotatable bonds is 3. The molecule has 6 nitrogen and oxygen atoms in total. The molecule has 18 heavy (non-hydrogen) atoms. The summed E-state index contributed by atoms with van der Waals surface area (Å²) in [6, 6.07) is 1.09. The van der Waals surface area contributed by atoms with Crippen LogP contribution in [-0.4, -0.2) is 30.8 Å². The van der Waals surface area contributed by atoms with Crippen LogP contribution in [0.4, 0.5) is 0 Å². The summed E-state index contributed by atoms with van der Waals surface area (Å²) in [6.45, 7) is 3.31. The van der Waals surface area contributed by atoms with Gasteiger partial charge in [0.2, 0.25) is 0 Å². The van der Waals surface area contributed by atoms with Gasteiger partial charge in [-0.05, 0) is 35.8 Å². The van der Waals surface area contributed by atoms with Crippen LogP contribution in [0.5, 0.6) is 0 Å². The van der Waals surface area contributed by atoms with Crippen LogP contribution in [0.25, 0.3) is 11.4 Å². The Morgan fingerprint density at radius 3 is 2.78 bits per heavy atom. The number of aryl methyl sites for hydroxylation is 1. The zero-order valence-corrected chi connectivity index (χ0v) is 11.4. The molecule has 0 aromatic carbocycles. The van der Waals surface area contributed by atoms with Gasteiger partial charge in [-0.2, -0.15) is 0 Å². The molecule has 0 aliphatic heterocycles. The SMILES string of the molecule is Cc1nnc(-c2cncc(Br)c2)n1C(C)C(=O)O. The summed E-state index contributed by atoms with van der Waals surface area (Å²) < 4.78 is 2.38. The summed E-state index contributed by atoms with van der Waals surface area (Å²) in [5, 5.41) is 17.1. The van der Waals surface area contributed by atoms with Crippen LogP contribution in [0, 0.1) is 6.92 Å². The molecule has 0 aliphatic carbocycles. The zero-order chi connectivity index (χ0) is 13.3. The molecule has 0 saturated heterocycles. The first-order valence-electron chi connectivity index (χ1n) is 5.26. The van der Waals surface area contributed by atoms with E-state index in [1.165, 1.54) is 0 Å². The zero-order valence-electron chi connectivity index (χ0n) is 9.83. The van der Waals surface area contributed by atoms with Gasteiger partial charge in [0.1, 0.15) is 11.9 Å². The Kier molecular flexibility index (Phi) is 3.42. The van der Waals surface area contributed by atoms with Crippen LogP contribution in [0.1, 0.15) is 18.8 Å². The molecule has 0 fully saturated rings. The van der Waals surface area contributed by atoms with Crippen molar-refractivity contribution in [3.8, 4) is 11.4 Å². The molecule has 0 aliphatic rings. The standard InChI is InChI=1S/C11H11BrN4O2/c1-6(11(17)18)16-7(2)14-15-10(16)8-3-9(12)5-13-4-8/h3-6H,1-2H3,(H,17,18). The maximum Gasteiger partial charge on any atom is 0.326 e. The average molecular weight is 311 g/mol. The van der Waals surface area contributed by atoms with Gasteiger partial charge in [0.05, 0.1) is 0 Å². The van der Waals surface area contributed by atoms with E-state index >= 15 is 0 Å². The number of nitrogens with zero attached hydrogens (tertiary/aromatic N) is 4. The summed E-state index contributed by atoms with van der Waals surface area (Å²) in [6.07, 6.45) is 3.27. The van der Waals surface area contributed by atoms with Crippen molar-refractivity contribution in [3.63, 3.8) is 0 Å². The average Bonchev–Trinajstić information content (AvgIpc) is 2.70. The van der Waals surface area contributed by atoms with Crippen molar-refractivity contribution in [1.29, 1.82) is 0 Å². The maximum atomic E-state index is 11.1. The lowest BCUT2D eigenvalue weighted by Gasteiger charge is -2.12. The van der Waals surface area contributed by atoms with Gasteiger partial charge in [0, 0.05) is 22.4 Å². The lowest BCUT2D eigenvalue weighted by atomic mass is 10.2. The van der Waals surface area contributed by atoms with E-state index in [1.54, 1.807) is 30.8 Å². The van der Waals surface area contributed by atoms with Gasteiger partial charge < -0.3 is 5.11 Å². The van der Waals surface area contributed by atoms with Crippen LogP contribution < -0.4 is 0 Å². The van der Waals surface area contributed by atoms with Crippen LogP contribution in [0.15, 0.2) is 22.9 Å². The molecule has 2 heterocycles. The molecule has 1 N–H and O–H groups in total. The number of aromatic nitrogens is 4. The second kappa shape index (κ2) is 4.85. The fourth-order valence-corrected chi connectivity index (χ4v) is 2.04. The van der Waals surface area contributed by atoms with Crippen molar-refractivity contribution < 1.29 is 9.90 Å². The number of pyridine rings is 1. The minimum atomic E-state index is -0.929. The molecule has 1 unspecified atom stereocenters. The first-order chi connectivity index (χ1) is 8.50. The predicted molar refractivity (Wildman–Crippen MR) is 68.0 cm³/mol. The Bertz CT molecular complexity index is 596. The smallest absolute Gasteiger partial charge is 0.326 e. The Morgan fingerprint density at radius 2 is 2.17 bits per heavy atom. The van der Waals surface area contributed by atoms with Gasteiger partial charge in [-0.1, -0.05) is 0 Å². The quantitative estimate of drug-likeness (QED) is 0.938. The summed E-state index contributed by atoms with van der Waals surface area (Å²) in [5.41, 5.74) is 0.720. The van der Waals surface area contributed by atoms with Crippen molar-refractivity contribution in [2.45, 2.75) is 19.9 Å². The molecule has 2 aromatic heterocycles. The highest BCUT2D eigenvalue weighted by Crippen LogP contribution is 2.24. The molecule has 0 bridgehead atoms. The monoisotopic (exact) mass is 310 g/mol. The number of carboxylic acid groups (broad SMARTS) is 1. The summed E-state index contributed by atoms with van der Waals surface area (Å²) in [5.74, 6) is 0.123. The van der Waals surface area contributed by atoms with E-state index in [4.69, 9.17) is 5.11 Å². The number of hydrogen-bond acceptors (Lipinski definition) is 4. The van der Waals surface area contributed by atoms with E-state index in [1.807, 2.05) is 6.07 Å². The Morgan fingerprint density at radius 1 is 1.44 bits per heavy atom. The molecule has 0 spiro atoms. The lowest BCUT2D eigenvalue weighted by molar-refractivity contribution is -0.140. The van der Waals surface area contributed by atoms with Crippen molar-refractivity contribution >= 4 is 21.9 Å². The minimum absolute atomic E-state index is 0.496. The van der Waals surface area contributed by atoms with Gasteiger partial charge in [-0.3, -0.25) is 9.55 Å². The topological polar surface area (TPSA) is 80.9 Å². The number of aliphatic carboxylic acids is 1. The largest absolute Gasteiger partial charge is 0.480 e. The highest BCUT2D eigenvalue weighted by molar-refractivity contribution is 9.10. The van der Waals surface area contributed by atoms with Crippen LogP contribution in [-0.2, 0) is 4.79 Å². The fourth-order valence-electron chi connectivity index (χ4n) is 1.67. The molecule has 0 radical (unpaired) electrons. The third kappa shape index (κ3) is 2.26. The van der Waals surface area contributed by atoms with E-state index in [0.717, 1.165) is 10.0 Å². The summed E-state index contributed by atoms with van der Waals surface area (Å²) >= 11 is 3.32. The number of hydrogen-bond donors (Lipinski definition) is 1. The summed E-state index contributed by atoms with van der Waals surface area (Å²) in [7, 11) is 0. The third-order valence-electron chi connectivity index (χ3n) is 2.57. The van der Waals surface area contributed by atoms with E-state index < -0.39 is 12.0 Å². The van der Waals surface area contributed by atoms with Crippen molar-refractivity contribution in [2.24, 2.45) is 0 Å². The van der Waals surface area contributed by atoms with Gasteiger partial charge in [-0.15, -0.1) is 10.2 Å². The highest BCUT2D eigenvalue weighted by atomic mass is 79.9. The van der Waals surface area contributed by atoms with Crippen molar-refractivity contribution in [2.75, 3.05) is 0 Å². The first-order valence-corrected chi connectivity index (χ1v) is 6.05. The van der Waals surface area contributed by atoms with Crippen LogP contribution >= 0.6 is 15.9 Å². The van der Waals surface area contributed by atoms with Crippen molar-refractivity contribution in [1.82, 2.24) is 19.7 Å². The molecule has 0 amide bonds. The molecular weight excluding hydrogens is 300 g/mol. The van der Waals surface area contributed by atoms with E-state index in [2.05, 4.69) is 31.1 Å². The number of carboxylic acids is 1. The van der Waals surface area contributed by atoms with Gasteiger partial charge in [-0.25, -0.2) is 4.79 Å². The molecule has 7 heteroatoms. The van der Waals surface area contributed by atoms with Gasteiger partial charge in [0.25, 0.3) is 0 Å². The van der Waals surface area contributed by atoms with Gasteiger partial charge in [0.15, 0.2) is 5.82 Å². The second-order valence-corrected chi connectivity index (χ2v) is 4.76. The molecule has 2 rings (SSSR count). The maximum absolute atomic E-state index is 11.1. The third-order valence-corrected chi connectivity index (χ3v) is 3.01. The molecule has 94 valence electrons. The Hall–Kier alpha value is -1.76. The summed E-state index contributed by atoms with van der Waals surface area (Å²) in [4.78, 5) is 15.1. The highest BCUT2D eigenvalue weighted by Gasteiger charge is 2.21. The number of halogens is 1. The van der Waals surface area contributed by atoms with Gasteiger partial charge >= 0.3 is 5.97 Å². The molecular formula is C11H11BrN4O2. The van der Waals surface area contributed by atoms with E-state index in [9.17, 15) is 4.79 Å². The van der Waals surface area contributed by atoms with Crippen LogP contribution in [0.3, 0.4) is 0 Å². The van der Waals surface area contributed by atoms with E-state index in [-0.39, 0.29) is 0 Å².